The Hall–Kier alpha value is -3.48. The van der Waals surface area contributed by atoms with Crippen molar-refractivity contribution in [3.63, 3.8) is 0 Å². The summed E-state index contributed by atoms with van der Waals surface area (Å²) in [5.41, 5.74) is 6.06. The summed E-state index contributed by atoms with van der Waals surface area (Å²) in [6.07, 6.45) is -0.172. The number of rotatable bonds is 11. The van der Waals surface area contributed by atoms with Gasteiger partial charge in [-0.1, -0.05) is 72.8 Å². The van der Waals surface area contributed by atoms with Crippen LogP contribution in [0.2, 0.25) is 0 Å². The van der Waals surface area contributed by atoms with Crippen molar-refractivity contribution in [1.29, 1.82) is 0 Å². The Morgan fingerprint density at radius 1 is 0.971 bits per heavy atom. The first-order chi connectivity index (χ1) is 17.1. The fraction of sp³-hybridized carbons (Fsp3) is 0.241. The van der Waals surface area contributed by atoms with Gasteiger partial charge < -0.3 is 10.1 Å². The molecule has 3 aromatic carbocycles. The van der Waals surface area contributed by atoms with Crippen LogP contribution in [0.1, 0.15) is 35.2 Å². The van der Waals surface area contributed by atoms with Gasteiger partial charge in [-0.3, -0.25) is 9.69 Å². The zero-order valence-electron chi connectivity index (χ0n) is 20.1. The monoisotopic (exact) mass is 485 g/mol. The van der Waals surface area contributed by atoms with Gasteiger partial charge in [0, 0.05) is 18.5 Å². The van der Waals surface area contributed by atoms with Crippen LogP contribution in [0.3, 0.4) is 0 Å². The van der Waals surface area contributed by atoms with Crippen LogP contribution in [0.25, 0.3) is 0 Å². The van der Waals surface area contributed by atoms with Crippen molar-refractivity contribution < 1.29 is 9.53 Å². The lowest BCUT2D eigenvalue weighted by Crippen LogP contribution is -2.37. The van der Waals surface area contributed by atoms with E-state index in [2.05, 4.69) is 39.8 Å². The summed E-state index contributed by atoms with van der Waals surface area (Å²) in [6.45, 7) is 4.00. The van der Waals surface area contributed by atoms with Crippen molar-refractivity contribution in [1.82, 2.24) is 15.2 Å². The largest absolute Gasteiger partial charge is 0.489 e. The maximum Gasteiger partial charge on any atom is 0.232 e. The molecule has 0 radical (unpaired) electrons. The molecule has 180 valence electrons. The minimum atomic E-state index is -0.360. The fourth-order valence-corrected chi connectivity index (χ4v) is 4.63. The van der Waals surface area contributed by atoms with Crippen molar-refractivity contribution in [2.24, 2.45) is 0 Å². The molecule has 1 amide bonds. The Kier molecular flexibility index (Phi) is 8.65. The highest BCUT2D eigenvalue weighted by Gasteiger charge is 2.23. The number of nitrogens with one attached hydrogen (secondary N) is 1. The predicted octanol–water partition coefficient (Wildman–Crippen LogP) is 5.49. The second-order valence-corrected chi connectivity index (χ2v) is 9.45. The molecule has 0 saturated heterocycles. The molecule has 35 heavy (non-hydrogen) atoms. The van der Waals surface area contributed by atoms with Gasteiger partial charge in [0.05, 0.1) is 23.7 Å². The first-order valence-electron chi connectivity index (χ1n) is 11.8. The van der Waals surface area contributed by atoms with Crippen molar-refractivity contribution in [3.05, 3.63) is 118 Å². The van der Waals surface area contributed by atoms with Crippen molar-refractivity contribution in [2.75, 3.05) is 13.6 Å². The lowest BCUT2D eigenvalue weighted by atomic mass is 9.90. The predicted molar refractivity (Wildman–Crippen MR) is 142 cm³/mol. The normalized spacial score (nSPS) is 12.0. The first-order valence-corrected chi connectivity index (χ1v) is 12.7. The molecule has 5 nitrogen and oxygen atoms in total. The van der Waals surface area contributed by atoms with Crippen LogP contribution in [0.5, 0.6) is 5.75 Å². The van der Waals surface area contributed by atoms with E-state index in [0.717, 1.165) is 35.7 Å². The van der Waals surface area contributed by atoms with Crippen LogP contribution < -0.4 is 10.1 Å². The van der Waals surface area contributed by atoms with Crippen LogP contribution in [-0.2, 0) is 17.9 Å². The van der Waals surface area contributed by atoms with Crippen molar-refractivity contribution >= 4 is 17.2 Å². The number of carbonyl (C=O) groups is 1. The van der Waals surface area contributed by atoms with E-state index in [4.69, 9.17) is 4.74 Å². The minimum Gasteiger partial charge on any atom is -0.489 e. The van der Waals surface area contributed by atoms with E-state index >= 15 is 0 Å². The quantitative estimate of drug-likeness (QED) is 0.305. The maximum atomic E-state index is 13.2. The molecule has 0 aliphatic rings. The Labute approximate surface area is 211 Å². The van der Waals surface area contributed by atoms with Gasteiger partial charge in [0.1, 0.15) is 11.9 Å². The Morgan fingerprint density at radius 2 is 1.66 bits per heavy atom. The van der Waals surface area contributed by atoms with E-state index in [1.165, 1.54) is 5.56 Å². The summed E-state index contributed by atoms with van der Waals surface area (Å²) >= 11 is 1.62. The zero-order valence-corrected chi connectivity index (χ0v) is 20.9. The average molecular weight is 486 g/mol. The van der Waals surface area contributed by atoms with Gasteiger partial charge in [-0.25, -0.2) is 4.98 Å². The SMILES string of the molecule is C[C@H](CNC(=O)C(c1ccccc1)c1ccccc1)Oc1cccc(CN(C)Cc2cscn2)c1. The van der Waals surface area contributed by atoms with Crippen LogP contribution in [-0.4, -0.2) is 35.5 Å². The van der Waals surface area contributed by atoms with E-state index in [-0.39, 0.29) is 17.9 Å². The summed E-state index contributed by atoms with van der Waals surface area (Å²) in [6, 6.07) is 27.9. The van der Waals surface area contributed by atoms with Gasteiger partial charge in [-0.15, -0.1) is 11.3 Å². The molecule has 0 aliphatic heterocycles. The third kappa shape index (κ3) is 7.25. The topological polar surface area (TPSA) is 54.5 Å². The van der Waals surface area contributed by atoms with E-state index < -0.39 is 0 Å². The molecule has 6 heteroatoms. The third-order valence-corrected chi connectivity index (χ3v) is 6.33. The lowest BCUT2D eigenvalue weighted by Gasteiger charge is -2.21. The highest BCUT2D eigenvalue weighted by molar-refractivity contribution is 7.07. The Morgan fingerprint density at radius 3 is 2.29 bits per heavy atom. The summed E-state index contributed by atoms with van der Waals surface area (Å²) in [7, 11) is 2.08. The number of carbonyl (C=O) groups excluding carboxylic acids is 1. The first kappa shape index (κ1) is 24.6. The summed E-state index contributed by atoms with van der Waals surface area (Å²) < 4.78 is 6.14. The molecular weight excluding hydrogens is 454 g/mol. The van der Waals surface area contributed by atoms with Gasteiger partial charge in [-0.05, 0) is 42.8 Å². The smallest absolute Gasteiger partial charge is 0.232 e. The highest BCUT2D eigenvalue weighted by atomic mass is 32.1. The fourth-order valence-electron chi connectivity index (χ4n) is 4.08. The molecule has 0 bridgehead atoms. The molecule has 4 rings (SSSR count). The number of hydrogen-bond donors (Lipinski definition) is 1. The maximum absolute atomic E-state index is 13.2. The zero-order chi connectivity index (χ0) is 24.5. The van der Waals surface area contributed by atoms with Gasteiger partial charge in [-0.2, -0.15) is 0 Å². The van der Waals surface area contributed by atoms with Crippen LogP contribution in [0, 0.1) is 0 Å². The number of aromatic nitrogens is 1. The number of ether oxygens (including phenoxy) is 1. The van der Waals surface area contributed by atoms with E-state index in [9.17, 15) is 4.79 Å². The van der Waals surface area contributed by atoms with E-state index in [0.29, 0.717) is 6.54 Å². The lowest BCUT2D eigenvalue weighted by molar-refractivity contribution is -0.122. The summed E-state index contributed by atoms with van der Waals surface area (Å²) in [4.78, 5) is 19.8. The Balaban J connectivity index is 1.34. The molecule has 1 aromatic heterocycles. The van der Waals surface area contributed by atoms with Gasteiger partial charge in [0.25, 0.3) is 0 Å². The second kappa shape index (κ2) is 12.3. The number of amides is 1. The molecule has 4 aromatic rings. The van der Waals surface area contributed by atoms with E-state index in [1.54, 1.807) is 11.3 Å². The second-order valence-electron chi connectivity index (χ2n) is 8.73. The Bertz CT molecular complexity index is 1140. The molecule has 0 unspecified atom stereocenters. The van der Waals surface area contributed by atoms with E-state index in [1.807, 2.05) is 85.2 Å². The number of hydrogen-bond acceptors (Lipinski definition) is 5. The van der Waals surface area contributed by atoms with Gasteiger partial charge >= 0.3 is 0 Å². The molecule has 1 N–H and O–H groups in total. The average Bonchev–Trinajstić information content (AvgIpc) is 3.37. The highest BCUT2D eigenvalue weighted by Crippen LogP contribution is 2.25. The molecule has 1 heterocycles. The third-order valence-electron chi connectivity index (χ3n) is 5.70. The number of thiazole rings is 1. The van der Waals surface area contributed by atoms with Crippen LogP contribution in [0.15, 0.2) is 95.8 Å². The molecule has 0 saturated carbocycles. The van der Waals surface area contributed by atoms with Crippen LogP contribution >= 0.6 is 11.3 Å². The van der Waals surface area contributed by atoms with Crippen molar-refractivity contribution in [3.8, 4) is 5.75 Å². The summed E-state index contributed by atoms with van der Waals surface area (Å²) in [5.74, 6) is 0.408. The van der Waals surface area contributed by atoms with Crippen molar-refractivity contribution in [2.45, 2.75) is 32.0 Å². The minimum absolute atomic E-state index is 0.0322. The molecular formula is C29H31N3O2S. The number of nitrogens with zero attached hydrogens (tertiary/aromatic N) is 2. The van der Waals surface area contributed by atoms with Gasteiger partial charge in [0.15, 0.2) is 0 Å². The molecule has 0 spiro atoms. The van der Waals surface area contributed by atoms with Crippen LogP contribution in [0.4, 0.5) is 0 Å². The number of benzene rings is 3. The standard InChI is InChI=1S/C29H31N3O2S/c1-22(34-27-15-9-10-23(16-27)18-32(2)19-26-20-35-21-31-26)17-30-29(33)28(24-11-5-3-6-12-24)25-13-7-4-8-14-25/h3-16,20-22,28H,17-19H2,1-2H3,(H,30,33)/t22-/m1/s1. The molecule has 1 atom stereocenters. The summed E-state index contributed by atoms with van der Waals surface area (Å²) in [5, 5.41) is 5.17. The van der Waals surface area contributed by atoms with Gasteiger partial charge in [0.2, 0.25) is 5.91 Å². The molecule has 0 aliphatic carbocycles. The molecule has 0 fully saturated rings.